The maximum Gasteiger partial charge on any atom is 0.419 e. The second kappa shape index (κ2) is 5.57. The minimum absolute atomic E-state index is 0.0113. The number of carboxylic acid groups (broad SMARTS) is 1. The van der Waals surface area contributed by atoms with E-state index in [2.05, 4.69) is 5.10 Å². The monoisotopic (exact) mass is 357 g/mol. The van der Waals surface area contributed by atoms with Gasteiger partial charge in [0, 0.05) is 12.2 Å². The molecular formula is C15H11F4N3O3. The van der Waals surface area contributed by atoms with Crippen LogP contribution in [0.2, 0.25) is 0 Å². The van der Waals surface area contributed by atoms with Crippen molar-refractivity contribution in [2.45, 2.75) is 19.1 Å². The van der Waals surface area contributed by atoms with Crippen LogP contribution in [0.1, 0.15) is 39.4 Å². The van der Waals surface area contributed by atoms with Crippen molar-refractivity contribution < 1.29 is 32.3 Å². The van der Waals surface area contributed by atoms with Crippen molar-refractivity contribution in [1.82, 2.24) is 9.78 Å². The Morgan fingerprint density at radius 3 is 2.60 bits per heavy atom. The summed E-state index contributed by atoms with van der Waals surface area (Å²) in [7, 11) is 0. The van der Waals surface area contributed by atoms with Gasteiger partial charge in [0.05, 0.1) is 17.8 Å². The van der Waals surface area contributed by atoms with E-state index in [0.717, 1.165) is 17.2 Å². The Bertz CT molecular complexity index is 875. The van der Waals surface area contributed by atoms with Crippen LogP contribution in [0.5, 0.6) is 0 Å². The molecule has 0 saturated heterocycles. The first kappa shape index (κ1) is 16.9. The average molecular weight is 357 g/mol. The van der Waals surface area contributed by atoms with E-state index < -0.39 is 35.5 Å². The average Bonchev–Trinajstić information content (AvgIpc) is 2.95. The molecule has 0 radical (unpaired) electrons. The largest absolute Gasteiger partial charge is 0.478 e. The van der Waals surface area contributed by atoms with Gasteiger partial charge in [0.1, 0.15) is 17.1 Å². The maximum absolute atomic E-state index is 13.8. The Morgan fingerprint density at radius 1 is 1.36 bits per heavy atom. The van der Waals surface area contributed by atoms with Crippen LogP contribution >= 0.6 is 0 Å². The molecule has 132 valence electrons. The van der Waals surface area contributed by atoms with Crippen molar-refractivity contribution in [1.29, 1.82) is 0 Å². The van der Waals surface area contributed by atoms with Crippen molar-refractivity contribution in [3.63, 3.8) is 0 Å². The number of carbonyl (C=O) groups is 2. The number of halogens is 4. The molecular weight excluding hydrogens is 346 g/mol. The second-order valence-corrected chi connectivity index (χ2v) is 5.58. The topological polar surface area (TPSA) is 75.4 Å². The van der Waals surface area contributed by atoms with Crippen LogP contribution in [-0.2, 0) is 6.18 Å². The highest BCUT2D eigenvalue weighted by Gasteiger charge is 2.37. The standard InChI is InChI=1S/C15H11F4N3O3/c1-7-6-21(8-2-3-10(11(16)4-8)15(17,18)19)13(23)12-9(14(24)25)5-20-22(7)12/h2-5,7H,6H2,1H3,(H,24,25)/t7-/m0/s1. The van der Waals surface area contributed by atoms with Gasteiger partial charge in [-0.3, -0.25) is 9.48 Å². The zero-order valence-corrected chi connectivity index (χ0v) is 12.7. The SMILES string of the molecule is C[C@H]1CN(c2ccc(C(F)(F)F)c(F)c2)C(=O)c2c(C(=O)O)cnn21. The summed E-state index contributed by atoms with van der Waals surface area (Å²) in [5.74, 6) is -3.64. The number of benzene rings is 1. The molecule has 0 fully saturated rings. The van der Waals surface area contributed by atoms with E-state index in [1.165, 1.54) is 4.68 Å². The van der Waals surface area contributed by atoms with Crippen LogP contribution in [0.15, 0.2) is 24.4 Å². The predicted octanol–water partition coefficient (Wildman–Crippen LogP) is 2.96. The summed E-state index contributed by atoms with van der Waals surface area (Å²) in [4.78, 5) is 24.9. The molecule has 1 atom stereocenters. The summed E-state index contributed by atoms with van der Waals surface area (Å²) in [5.41, 5.74) is -2.06. The lowest BCUT2D eigenvalue weighted by molar-refractivity contribution is -0.139. The minimum atomic E-state index is -4.85. The van der Waals surface area contributed by atoms with Gasteiger partial charge in [0.25, 0.3) is 5.91 Å². The van der Waals surface area contributed by atoms with Gasteiger partial charge in [-0.25, -0.2) is 9.18 Å². The summed E-state index contributed by atoms with van der Waals surface area (Å²) in [6.45, 7) is 1.67. The number of aromatic nitrogens is 2. The van der Waals surface area contributed by atoms with Gasteiger partial charge < -0.3 is 10.0 Å². The van der Waals surface area contributed by atoms with Crippen LogP contribution in [0.4, 0.5) is 23.2 Å². The molecule has 2 aromatic rings. The smallest absolute Gasteiger partial charge is 0.419 e. The number of nitrogens with zero attached hydrogens (tertiary/aromatic N) is 3. The lowest BCUT2D eigenvalue weighted by Crippen LogP contribution is -2.43. The van der Waals surface area contributed by atoms with Gasteiger partial charge in [0.2, 0.25) is 0 Å². The van der Waals surface area contributed by atoms with E-state index in [1.807, 2.05) is 0 Å². The Balaban J connectivity index is 2.05. The molecule has 3 rings (SSSR count). The van der Waals surface area contributed by atoms with Gasteiger partial charge in [-0.15, -0.1) is 0 Å². The summed E-state index contributed by atoms with van der Waals surface area (Å²) in [6, 6.07) is 1.70. The van der Waals surface area contributed by atoms with Crippen molar-refractivity contribution >= 4 is 17.6 Å². The summed E-state index contributed by atoms with van der Waals surface area (Å²) >= 11 is 0. The van der Waals surface area contributed by atoms with Gasteiger partial charge >= 0.3 is 12.1 Å². The van der Waals surface area contributed by atoms with E-state index in [1.54, 1.807) is 6.92 Å². The van der Waals surface area contributed by atoms with Crippen molar-refractivity contribution in [2.75, 3.05) is 11.4 Å². The predicted molar refractivity (Wildman–Crippen MR) is 77.0 cm³/mol. The third-order valence-electron chi connectivity index (χ3n) is 3.91. The zero-order valence-electron chi connectivity index (χ0n) is 12.7. The van der Waals surface area contributed by atoms with Crippen LogP contribution in [0, 0.1) is 5.82 Å². The molecule has 0 unspecified atom stereocenters. The molecule has 1 N–H and O–H groups in total. The van der Waals surface area contributed by atoms with Crippen LogP contribution < -0.4 is 4.90 Å². The number of amides is 1. The molecule has 0 saturated carbocycles. The number of anilines is 1. The summed E-state index contributed by atoms with van der Waals surface area (Å²) in [5, 5.41) is 13.0. The highest BCUT2D eigenvalue weighted by molar-refractivity contribution is 6.11. The van der Waals surface area contributed by atoms with Crippen molar-refractivity contribution in [3.05, 3.63) is 47.0 Å². The van der Waals surface area contributed by atoms with Crippen LogP contribution in [0.25, 0.3) is 0 Å². The quantitative estimate of drug-likeness (QED) is 0.839. The van der Waals surface area contributed by atoms with Crippen LogP contribution in [-0.4, -0.2) is 33.3 Å². The van der Waals surface area contributed by atoms with Crippen molar-refractivity contribution in [3.8, 4) is 0 Å². The van der Waals surface area contributed by atoms with E-state index in [-0.39, 0.29) is 23.5 Å². The third-order valence-corrected chi connectivity index (χ3v) is 3.91. The highest BCUT2D eigenvalue weighted by Crippen LogP contribution is 2.34. The number of hydrogen-bond acceptors (Lipinski definition) is 3. The fraction of sp³-hybridized carbons (Fsp3) is 0.267. The number of aromatic carboxylic acids is 1. The van der Waals surface area contributed by atoms with Gasteiger partial charge in [-0.2, -0.15) is 18.3 Å². The Labute approximate surface area is 138 Å². The first-order chi connectivity index (χ1) is 11.6. The number of hydrogen-bond donors (Lipinski definition) is 1. The molecule has 2 heterocycles. The molecule has 10 heteroatoms. The van der Waals surface area contributed by atoms with E-state index >= 15 is 0 Å². The number of fused-ring (bicyclic) bond motifs is 1. The number of carboxylic acids is 1. The molecule has 0 aliphatic carbocycles. The third kappa shape index (κ3) is 2.73. The van der Waals surface area contributed by atoms with E-state index in [4.69, 9.17) is 5.11 Å². The Morgan fingerprint density at radius 2 is 2.04 bits per heavy atom. The Hall–Kier alpha value is -2.91. The summed E-state index contributed by atoms with van der Waals surface area (Å²) < 4.78 is 53.0. The number of carbonyl (C=O) groups excluding carboxylic acids is 1. The second-order valence-electron chi connectivity index (χ2n) is 5.58. The first-order valence-corrected chi connectivity index (χ1v) is 7.10. The summed E-state index contributed by atoms with van der Waals surface area (Å²) in [6.07, 6.45) is -3.82. The molecule has 25 heavy (non-hydrogen) atoms. The lowest BCUT2D eigenvalue weighted by Gasteiger charge is -2.32. The number of alkyl halides is 3. The molecule has 1 aliphatic rings. The van der Waals surface area contributed by atoms with E-state index in [0.29, 0.717) is 12.1 Å². The molecule has 1 aromatic heterocycles. The fourth-order valence-corrected chi connectivity index (χ4v) is 2.74. The van der Waals surface area contributed by atoms with Crippen LogP contribution in [0.3, 0.4) is 0 Å². The molecule has 0 bridgehead atoms. The lowest BCUT2D eigenvalue weighted by atomic mass is 10.1. The fourth-order valence-electron chi connectivity index (χ4n) is 2.74. The van der Waals surface area contributed by atoms with Crippen molar-refractivity contribution in [2.24, 2.45) is 0 Å². The molecule has 1 amide bonds. The first-order valence-electron chi connectivity index (χ1n) is 7.10. The zero-order chi connectivity index (χ0) is 18.5. The molecule has 0 spiro atoms. The van der Waals surface area contributed by atoms with E-state index in [9.17, 15) is 27.2 Å². The highest BCUT2D eigenvalue weighted by atomic mass is 19.4. The Kier molecular flexibility index (Phi) is 3.77. The molecule has 1 aliphatic heterocycles. The number of rotatable bonds is 2. The molecule has 6 nitrogen and oxygen atoms in total. The molecule has 1 aromatic carbocycles. The maximum atomic E-state index is 13.8. The minimum Gasteiger partial charge on any atom is -0.478 e. The van der Waals surface area contributed by atoms with Gasteiger partial charge in [-0.05, 0) is 25.1 Å². The normalized spacial score (nSPS) is 17.6. The van der Waals surface area contributed by atoms with Gasteiger partial charge in [0.15, 0.2) is 0 Å². The van der Waals surface area contributed by atoms with Gasteiger partial charge in [-0.1, -0.05) is 0 Å².